The predicted octanol–water partition coefficient (Wildman–Crippen LogP) is 2.91. The van der Waals surface area contributed by atoms with Crippen molar-refractivity contribution < 1.29 is 13.2 Å². The van der Waals surface area contributed by atoms with Gasteiger partial charge in [-0.05, 0) is 42.8 Å². The number of hydrogen-bond donors (Lipinski definition) is 1. The topological polar surface area (TPSA) is 97.2 Å². The minimum absolute atomic E-state index is 0.128. The summed E-state index contributed by atoms with van der Waals surface area (Å²) < 4.78 is 29.2. The monoisotopic (exact) mass is 489 g/mol. The van der Waals surface area contributed by atoms with Crippen molar-refractivity contribution >= 4 is 37.5 Å². The highest BCUT2D eigenvalue weighted by Crippen LogP contribution is 2.25. The minimum atomic E-state index is -3.76. The molecular formula is C20H20BrN5O3S. The number of rotatable bonds is 6. The third kappa shape index (κ3) is 4.16. The zero-order valence-electron chi connectivity index (χ0n) is 16.2. The Hall–Kier alpha value is -2.56. The average molecular weight is 490 g/mol. The molecule has 3 aromatic rings. The highest BCUT2D eigenvalue weighted by molar-refractivity contribution is 9.10. The summed E-state index contributed by atoms with van der Waals surface area (Å²) in [6.45, 7) is 0.579. The Kier molecular flexibility index (Phi) is 5.72. The lowest BCUT2D eigenvalue weighted by Gasteiger charge is -2.17. The Balaban J connectivity index is 1.46. The molecule has 1 aromatic heterocycles. The van der Waals surface area contributed by atoms with Crippen LogP contribution in [0.3, 0.4) is 0 Å². The van der Waals surface area contributed by atoms with Crippen LogP contribution in [0.2, 0.25) is 0 Å². The van der Waals surface area contributed by atoms with Gasteiger partial charge in [0, 0.05) is 35.7 Å². The van der Waals surface area contributed by atoms with E-state index in [1.54, 1.807) is 18.2 Å². The van der Waals surface area contributed by atoms with Gasteiger partial charge in [0.2, 0.25) is 15.9 Å². The van der Waals surface area contributed by atoms with Crippen LogP contribution in [0.15, 0.2) is 57.9 Å². The Morgan fingerprint density at radius 2 is 1.97 bits per heavy atom. The second-order valence-corrected chi connectivity index (χ2v) is 10.00. The number of carbonyl (C=O) groups is 1. The van der Waals surface area contributed by atoms with E-state index in [0.717, 1.165) is 45.4 Å². The van der Waals surface area contributed by atoms with E-state index in [9.17, 15) is 13.2 Å². The van der Waals surface area contributed by atoms with Gasteiger partial charge in [0.05, 0.1) is 11.4 Å². The van der Waals surface area contributed by atoms with E-state index in [1.165, 1.54) is 19.2 Å². The first-order valence-corrected chi connectivity index (χ1v) is 11.6. The molecule has 156 valence electrons. The van der Waals surface area contributed by atoms with Crippen molar-refractivity contribution in [3.63, 3.8) is 0 Å². The molecule has 8 nitrogen and oxygen atoms in total. The first-order valence-electron chi connectivity index (χ1n) is 9.39. The van der Waals surface area contributed by atoms with E-state index in [1.807, 2.05) is 18.2 Å². The third-order valence-electron chi connectivity index (χ3n) is 4.90. The average Bonchev–Trinajstić information content (AvgIpc) is 3.32. The van der Waals surface area contributed by atoms with Crippen LogP contribution in [-0.2, 0) is 27.8 Å². The van der Waals surface area contributed by atoms with Crippen molar-refractivity contribution in [1.29, 1.82) is 0 Å². The fourth-order valence-corrected chi connectivity index (χ4v) is 4.77. The molecule has 30 heavy (non-hydrogen) atoms. The zero-order valence-corrected chi connectivity index (χ0v) is 18.6. The smallest absolute Gasteiger partial charge is 0.243 e. The van der Waals surface area contributed by atoms with Crippen LogP contribution >= 0.6 is 15.9 Å². The van der Waals surface area contributed by atoms with Crippen molar-refractivity contribution in [1.82, 2.24) is 19.1 Å². The lowest BCUT2D eigenvalue weighted by atomic mass is 10.2. The highest BCUT2D eigenvalue weighted by Gasteiger charge is 2.23. The molecule has 1 aliphatic rings. The summed E-state index contributed by atoms with van der Waals surface area (Å²) in [4.78, 5) is 12.6. The molecular weight excluding hydrogens is 470 g/mol. The number of aromatic nitrogens is 3. The lowest BCUT2D eigenvalue weighted by Crippen LogP contribution is -2.34. The van der Waals surface area contributed by atoms with E-state index < -0.39 is 15.9 Å². The summed E-state index contributed by atoms with van der Waals surface area (Å²) in [5.74, 6) is 1.31. The Morgan fingerprint density at radius 3 is 2.73 bits per heavy atom. The molecule has 0 unspecified atom stereocenters. The maximum absolute atomic E-state index is 12.7. The number of sulfonamides is 1. The molecule has 0 fully saturated rings. The molecule has 0 atom stereocenters. The number of anilines is 1. The number of hydrogen-bond acceptors (Lipinski definition) is 5. The molecule has 0 saturated carbocycles. The normalized spacial score (nSPS) is 13.4. The molecule has 0 radical (unpaired) electrons. The van der Waals surface area contributed by atoms with Gasteiger partial charge in [0.25, 0.3) is 0 Å². The summed E-state index contributed by atoms with van der Waals surface area (Å²) in [5.41, 5.74) is 1.42. The number of aryl methyl sites for hydroxylation is 1. The van der Waals surface area contributed by atoms with Gasteiger partial charge < -0.3 is 9.88 Å². The van der Waals surface area contributed by atoms with Gasteiger partial charge in [-0.3, -0.25) is 4.79 Å². The largest absolute Gasteiger partial charge is 0.325 e. The Bertz CT molecular complexity index is 1190. The van der Waals surface area contributed by atoms with Gasteiger partial charge in [-0.25, -0.2) is 8.42 Å². The first kappa shape index (κ1) is 20.7. The van der Waals surface area contributed by atoms with Gasteiger partial charge in [-0.1, -0.05) is 28.1 Å². The highest BCUT2D eigenvalue weighted by atomic mass is 79.9. The van der Waals surface area contributed by atoms with Crippen molar-refractivity contribution in [2.24, 2.45) is 0 Å². The standard InChI is InChI=1S/C20H20BrN5O3S/c1-25(30(28,29)17-9-7-15(21)8-10-17)13-19(27)22-16-5-2-4-14(12-16)20-24-23-18-6-3-11-26(18)20/h2,4-5,7-10,12H,3,6,11,13H2,1H3,(H,22,27). The van der Waals surface area contributed by atoms with E-state index in [4.69, 9.17) is 0 Å². The first-order chi connectivity index (χ1) is 14.3. The number of carbonyl (C=O) groups excluding carboxylic acids is 1. The lowest BCUT2D eigenvalue weighted by molar-refractivity contribution is -0.116. The Morgan fingerprint density at radius 1 is 1.20 bits per heavy atom. The van der Waals surface area contributed by atoms with Gasteiger partial charge >= 0.3 is 0 Å². The van der Waals surface area contributed by atoms with Crippen molar-refractivity contribution in [2.75, 3.05) is 18.9 Å². The van der Waals surface area contributed by atoms with Gasteiger partial charge in [0.1, 0.15) is 5.82 Å². The number of amides is 1. The molecule has 2 aromatic carbocycles. The number of halogens is 1. The SMILES string of the molecule is CN(CC(=O)Nc1cccc(-c2nnc3n2CCC3)c1)S(=O)(=O)c1ccc(Br)cc1. The number of fused-ring (bicyclic) bond motifs is 1. The van der Waals surface area contributed by atoms with Gasteiger partial charge in [-0.15, -0.1) is 10.2 Å². The molecule has 2 heterocycles. The summed E-state index contributed by atoms with van der Waals surface area (Å²) in [6, 6.07) is 13.6. The van der Waals surface area contributed by atoms with Crippen LogP contribution < -0.4 is 5.32 Å². The van der Waals surface area contributed by atoms with E-state index in [2.05, 4.69) is 36.0 Å². The zero-order chi connectivity index (χ0) is 21.3. The van der Waals surface area contributed by atoms with E-state index >= 15 is 0 Å². The van der Waals surface area contributed by atoms with Gasteiger partial charge in [0.15, 0.2) is 5.82 Å². The van der Waals surface area contributed by atoms with Crippen LogP contribution in [0.4, 0.5) is 5.69 Å². The van der Waals surface area contributed by atoms with Crippen molar-refractivity contribution in [2.45, 2.75) is 24.3 Å². The summed E-state index contributed by atoms with van der Waals surface area (Å²) in [6.07, 6.45) is 1.97. The third-order valence-corrected chi connectivity index (χ3v) is 7.25. The number of benzene rings is 2. The molecule has 10 heteroatoms. The van der Waals surface area contributed by atoms with Gasteiger partial charge in [-0.2, -0.15) is 4.31 Å². The summed E-state index contributed by atoms with van der Waals surface area (Å²) in [5, 5.41) is 11.2. The van der Waals surface area contributed by atoms with E-state index in [0.29, 0.717) is 5.69 Å². The fraction of sp³-hybridized carbons (Fsp3) is 0.250. The second-order valence-electron chi connectivity index (χ2n) is 7.04. The molecule has 0 aliphatic carbocycles. The van der Waals surface area contributed by atoms with Crippen LogP contribution in [0.1, 0.15) is 12.2 Å². The van der Waals surface area contributed by atoms with Crippen LogP contribution in [0, 0.1) is 0 Å². The number of nitrogens with one attached hydrogen (secondary N) is 1. The van der Waals surface area contributed by atoms with E-state index in [-0.39, 0.29) is 11.4 Å². The minimum Gasteiger partial charge on any atom is -0.325 e. The maximum atomic E-state index is 12.7. The summed E-state index contributed by atoms with van der Waals surface area (Å²) in [7, 11) is -2.38. The molecule has 0 spiro atoms. The maximum Gasteiger partial charge on any atom is 0.243 e. The number of nitrogens with zero attached hydrogens (tertiary/aromatic N) is 4. The molecule has 1 amide bonds. The summed E-state index contributed by atoms with van der Waals surface area (Å²) >= 11 is 3.28. The number of likely N-dealkylation sites (N-methyl/N-ethyl adjacent to an activating group) is 1. The van der Waals surface area contributed by atoms with Crippen molar-refractivity contribution in [3.05, 3.63) is 58.8 Å². The van der Waals surface area contributed by atoms with Crippen molar-refractivity contribution in [3.8, 4) is 11.4 Å². The quantitative estimate of drug-likeness (QED) is 0.573. The molecule has 1 aliphatic heterocycles. The molecule has 1 N–H and O–H groups in total. The van der Waals surface area contributed by atoms with Crippen LogP contribution in [-0.4, -0.2) is 47.0 Å². The molecule has 4 rings (SSSR count). The predicted molar refractivity (Wildman–Crippen MR) is 116 cm³/mol. The van der Waals surface area contributed by atoms with Crippen LogP contribution in [0.5, 0.6) is 0 Å². The second kappa shape index (κ2) is 8.29. The Labute approximate surface area is 183 Å². The fourth-order valence-electron chi connectivity index (χ4n) is 3.37. The molecule has 0 saturated heterocycles. The molecule has 0 bridgehead atoms. The van der Waals surface area contributed by atoms with Crippen LogP contribution in [0.25, 0.3) is 11.4 Å².